The van der Waals surface area contributed by atoms with Gasteiger partial charge < -0.3 is 0 Å². The molecule has 114 valence electrons. The lowest BCUT2D eigenvalue weighted by Gasteiger charge is -2.28. The largest absolute Gasteiger partial charge is 0.101 e. The quantitative estimate of drug-likeness (QED) is 0.562. The molecule has 1 aliphatic rings. The van der Waals surface area contributed by atoms with Gasteiger partial charge in [-0.25, -0.2) is 0 Å². The Balaban J connectivity index is 1.70. The van der Waals surface area contributed by atoms with Crippen molar-refractivity contribution in [2.24, 2.45) is 11.8 Å². The summed E-state index contributed by atoms with van der Waals surface area (Å²) in [6.07, 6.45) is 12.8. The van der Waals surface area contributed by atoms with Crippen molar-refractivity contribution < 1.29 is 0 Å². The normalized spacial score (nSPS) is 21.6. The van der Waals surface area contributed by atoms with E-state index >= 15 is 0 Å². The maximum absolute atomic E-state index is 3.11. The first kappa shape index (κ1) is 16.2. The van der Waals surface area contributed by atoms with Gasteiger partial charge in [0.25, 0.3) is 0 Å². The summed E-state index contributed by atoms with van der Waals surface area (Å²) in [6, 6.07) is 8.83. The summed E-state index contributed by atoms with van der Waals surface area (Å²) in [4.78, 5) is 0. The van der Waals surface area contributed by atoms with Crippen LogP contribution in [0.1, 0.15) is 76.3 Å². The maximum Gasteiger partial charge on any atom is 0.0245 e. The van der Waals surface area contributed by atoms with Gasteiger partial charge in [-0.2, -0.15) is 0 Å². The predicted molar refractivity (Wildman–Crippen MR) is 92.3 cm³/mol. The van der Waals surface area contributed by atoms with Crippen LogP contribution in [0.3, 0.4) is 0 Å². The second kappa shape index (κ2) is 8.93. The highest BCUT2D eigenvalue weighted by molar-refractivity contribution is 5.35. The molecule has 0 N–H and O–H groups in total. The van der Waals surface area contributed by atoms with Crippen LogP contribution in [0.15, 0.2) is 24.3 Å². The molecule has 0 nitrogen and oxygen atoms in total. The van der Waals surface area contributed by atoms with Gasteiger partial charge in [-0.05, 0) is 49.3 Å². The molecule has 0 heterocycles. The number of unbranched alkanes of at least 4 members (excludes halogenated alkanes) is 1. The Morgan fingerprint density at radius 2 is 1.57 bits per heavy atom. The van der Waals surface area contributed by atoms with E-state index in [4.69, 9.17) is 0 Å². The van der Waals surface area contributed by atoms with E-state index in [-0.39, 0.29) is 0 Å². The lowest BCUT2D eigenvalue weighted by Crippen LogP contribution is -2.15. The third-order valence-electron chi connectivity index (χ3n) is 5.00. The Kier molecular flexibility index (Phi) is 6.87. The zero-order chi connectivity index (χ0) is 14.9. The van der Waals surface area contributed by atoms with Crippen LogP contribution in [-0.2, 0) is 6.42 Å². The molecule has 0 heteroatoms. The van der Waals surface area contributed by atoms with E-state index in [0.717, 1.165) is 17.4 Å². The van der Waals surface area contributed by atoms with Gasteiger partial charge in [0.15, 0.2) is 0 Å². The van der Waals surface area contributed by atoms with Gasteiger partial charge >= 0.3 is 0 Å². The lowest BCUT2D eigenvalue weighted by atomic mass is 9.78. The number of benzene rings is 1. The third kappa shape index (κ3) is 5.58. The first-order valence-electron chi connectivity index (χ1n) is 8.83. The van der Waals surface area contributed by atoms with Gasteiger partial charge in [0.1, 0.15) is 0 Å². The predicted octanol–water partition coefficient (Wildman–Crippen LogP) is 5.99. The van der Waals surface area contributed by atoms with E-state index < -0.39 is 0 Å². The van der Waals surface area contributed by atoms with E-state index in [0.29, 0.717) is 0 Å². The first-order valence-corrected chi connectivity index (χ1v) is 8.83. The second-order valence-electron chi connectivity index (χ2n) is 6.64. The van der Waals surface area contributed by atoms with Crippen molar-refractivity contribution in [3.8, 4) is 11.8 Å². The van der Waals surface area contributed by atoms with E-state index in [1.165, 1.54) is 63.4 Å². The molecular formula is C21H30. The third-order valence-corrected chi connectivity index (χ3v) is 5.00. The van der Waals surface area contributed by atoms with E-state index in [1.807, 2.05) is 6.92 Å². The molecule has 0 aliphatic heterocycles. The van der Waals surface area contributed by atoms with Crippen molar-refractivity contribution >= 4 is 0 Å². The molecule has 2 rings (SSSR count). The first-order chi connectivity index (χ1) is 10.3. The number of hydrogen-bond donors (Lipinski definition) is 0. The Labute approximate surface area is 131 Å². The van der Waals surface area contributed by atoms with E-state index in [2.05, 4.69) is 43.0 Å². The second-order valence-corrected chi connectivity index (χ2v) is 6.64. The molecule has 0 bridgehead atoms. The summed E-state index contributed by atoms with van der Waals surface area (Å²) in [6.45, 7) is 4.20. The number of hydrogen-bond acceptors (Lipinski definition) is 0. The molecule has 1 aromatic rings. The number of aryl methyl sites for hydroxylation is 1. The van der Waals surface area contributed by atoms with Gasteiger partial charge in [0.05, 0.1) is 0 Å². The molecule has 1 fully saturated rings. The Morgan fingerprint density at radius 3 is 2.14 bits per heavy atom. The van der Waals surface area contributed by atoms with Crippen LogP contribution in [-0.4, -0.2) is 0 Å². The van der Waals surface area contributed by atoms with Gasteiger partial charge in [0, 0.05) is 5.56 Å². The van der Waals surface area contributed by atoms with Crippen molar-refractivity contribution in [3.05, 3.63) is 35.4 Å². The fourth-order valence-corrected chi connectivity index (χ4v) is 3.57. The molecule has 1 aromatic carbocycles. The number of rotatable bonds is 6. The Hall–Kier alpha value is -1.22. The summed E-state index contributed by atoms with van der Waals surface area (Å²) in [5, 5.41) is 0. The molecule has 0 aromatic heterocycles. The van der Waals surface area contributed by atoms with Crippen molar-refractivity contribution in [1.29, 1.82) is 0 Å². The summed E-state index contributed by atoms with van der Waals surface area (Å²) in [5.41, 5.74) is 2.61. The highest BCUT2D eigenvalue weighted by Crippen LogP contribution is 2.34. The molecule has 0 saturated heterocycles. The van der Waals surface area contributed by atoms with E-state index in [1.54, 1.807) is 0 Å². The van der Waals surface area contributed by atoms with Crippen LogP contribution < -0.4 is 0 Å². The average molecular weight is 282 g/mol. The molecule has 0 atom stereocenters. The zero-order valence-corrected chi connectivity index (χ0v) is 13.8. The summed E-state index contributed by atoms with van der Waals surface area (Å²) >= 11 is 0. The standard InChI is InChI=1S/C21H30/c1-3-5-7-19-10-14-21(15-11-19)17-16-20-12-8-18(6-4-2)9-13-20/h8-9,12-13,19,21H,3,5,7,10-11,14-17H2,1-2H3/t19-,21-. The zero-order valence-electron chi connectivity index (χ0n) is 13.8. The van der Waals surface area contributed by atoms with Crippen molar-refractivity contribution in [3.63, 3.8) is 0 Å². The van der Waals surface area contributed by atoms with Gasteiger partial charge in [-0.1, -0.05) is 69.9 Å². The smallest absolute Gasteiger partial charge is 0.0245 e. The molecule has 0 radical (unpaired) electrons. The van der Waals surface area contributed by atoms with Crippen LogP contribution in [0.4, 0.5) is 0 Å². The van der Waals surface area contributed by atoms with Gasteiger partial charge in [-0.15, -0.1) is 5.92 Å². The fraction of sp³-hybridized carbons (Fsp3) is 0.619. The molecule has 0 unspecified atom stereocenters. The maximum atomic E-state index is 3.11. The molecule has 21 heavy (non-hydrogen) atoms. The van der Waals surface area contributed by atoms with Crippen LogP contribution in [0.2, 0.25) is 0 Å². The summed E-state index contributed by atoms with van der Waals surface area (Å²) in [5.74, 6) is 8.07. The van der Waals surface area contributed by atoms with Crippen LogP contribution >= 0.6 is 0 Å². The topological polar surface area (TPSA) is 0 Å². The summed E-state index contributed by atoms with van der Waals surface area (Å²) in [7, 11) is 0. The monoisotopic (exact) mass is 282 g/mol. The lowest BCUT2D eigenvalue weighted by molar-refractivity contribution is 0.250. The van der Waals surface area contributed by atoms with Crippen molar-refractivity contribution in [1.82, 2.24) is 0 Å². The van der Waals surface area contributed by atoms with Crippen molar-refractivity contribution in [2.75, 3.05) is 0 Å². The van der Waals surface area contributed by atoms with Crippen LogP contribution in [0.5, 0.6) is 0 Å². The minimum absolute atomic E-state index is 0.970. The van der Waals surface area contributed by atoms with Gasteiger partial charge in [-0.3, -0.25) is 0 Å². The Bertz CT molecular complexity index is 449. The highest BCUT2D eigenvalue weighted by atomic mass is 14.3. The minimum Gasteiger partial charge on any atom is -0.101 e. The fourth-order valence-electron chi connectivity index (χ4n) is 3.57. The molecule has 1 saturated carbocycles. The SMILES string of the molecule is CC#Cc1ccc(CC[C@H]2CC[C@H](CCCC)CC2)cc1. The molecule has 0 amide bonds. The Morgan fingerprint density at radius 1 is 0.952 bits per heavy atom. The van der Waals surface area contributed by atoms with Crippen molar-refractivity contribution in [2.45, 2.75) is 71.6 Å². The minimum atomic E-state index is 0.970. The van der Waals surface area contributed by atoms with Crippen LogP contribution in [0, 0.1) is 23.7 Å². The summed E-state index contributed by atoms with van der Waals surface area (Å²) < 4.78 is 0. The molecular weight excluding hydrogens is 252 g/mol. The average Bonchev–Trinajstić information content (AvgIpc) is 2.53. The van der Waals surface area contributed by atoms with Gasteiger partial charge in [0.2, 0.25) is 0 Å². The molecule has 1 aliphatic carbocycles. The van der Waals surface area contributed by atoms with E-state index in [9.17, 15) is 0 Å². The highest BCUT2D eigenvalue weighted by Gasteiger charge is 2.20. The molecule has 0 spiro atoms. The van der Waals surface area contributed by atoms with Crippen LogP contribution in [0.25, 0.3) is 0 Å².